The van der Waals surface area contributed by atoms with Gasteiger partial charge in [0, 0.05) is 0 Å². The van der Waals surface area contributed by atoms with E-state index in [2.05, 4.69) is 27.0 Å². The van der Waals surface area contributed by atoms with Crippen LogP contribution in [-0.4, -0.2) is 0 Å². The van der Waals surface area contributed by atoms with Crippen LogP contribution in [0, 0.1) is 5.92 Å². The third-order valence-corrected chi connectivity index (χ3v) is 1.51. The second kappa shape index (κ2) is 5.28. The van der Waals surface area contributed by atoms with Crippen LogP contribution >= 0.6 is 0 Å². The molecule has 0 fully saturated rings. The molecule has 0 aromatic rings. The van der Waals surface area contributed by atoms with Gasteiger partial charge in [-0.25, -0.2) is 0 Å². The zero-order chi connectivity index (χ0) is 7.98. The van der Waals surface area contributed by atoms with Gasteiger partial charge in [-0.2, -0.15) is 0 Å². The van der Waals surface area contributed by atoms with E-state index >= 15 is 0 Å². The second-order valence-electron chi connectivity index (χ2n) is 3.18. The van der Waals surface area contributed by atoms with E-state index in [4.69, 9.17) is 0 Å². The minimum Gasteiger partial charge on any atom is -0.103 e. The van der Waals surface area contributed by atoms with Gasteiger partial charge in [0.25, 0.3) is 0 Å². The molecule has 0 heterocycles. The topological polar surface area (TPSA) is 0 Å². The highest BCUT2D eigenvalue weighted by atomic mass is 14.0. The molecule has 0 bridgehead atoms. The molecule has 0 unspecified atom stereocenters. The fraction of sp³-hybridized carbons (Fsp3) is 0.600. The summed E-state index contributed by atoms with van der Waals surface area (Å²) in [5.74, 6) is 0.793. The van der Waals surface area contributed by atoms with Crippen molar-refractivity contribution in [3.05, 3.63) is 24.8 Å². The van der Waals surface area contributed by atoms with Gasteiger partial charge in [-0.05, 0) is 25.2 Å². The van der Waals surface area contributed by atoms with Crippen LogP contribution in [0.2, 0.25) is 0 Å². The Labute approximate surface area is 64.6 Å². The third kappa shape index (κ3) is 5.61. The Morgan fingerprint density at radius 2 is 2.10 bits per heavy atom. The van der Waals surface area contributed by atoms with Gasteiger partial charge in [0.1, 0.15) is 0 Å². The summed E-state index contributed by atoms with van der Waals surface area (Å²) < 4.78 is 0. The molecule has 0 aliphatic carbocycles. The van der Waals surface area contributed by atoms with Crippen LogP contribution in [-0.2, 0) is 0 Å². The van der Waals surface area contributed by atoms with E-state index in [0.29, 0.717) is 0 Å². The summed E-state index contributed by atoms with van der Waals surface area (Å²) in [7, 11) is 0. The molecule has 0 spiro atoms. The number of allylic oxidation sites excluding steroid dienone is 2. The zero-order valence-electron chi connectivity index (χ0n) is 7.19. The van der Waals surface area contributed by atoms with Gasteiger partial charge < -0.3 is 0 Å². The predicted molar refractivity (Wildman–Crippen MR) is 48.0 cm³/mol. The van der Waals surface area contributed by atoms with Gasteiger partial charge in [-0.3, -0.25) is 0 Å². The smallest absolute Gasteiger partial charge is 0.0144 e. The highest BCUT2D eigenvalue weighted by Crippen LogP contribution is 2.12. The summed E-state index contributed by atoms with van der Waals surface area (Å²) in [4.78, 5) is 0. The highest BCUT2D eigenvalue weighted by Gasteiger charge is 1.95. The molecule has 0 nitrogen and oxygen atoms in total. The fourth-order valence-electron chi connectivity index (χ4n) is 0.799. The summed E-state index contributed by atoms with van der Waals surface area (Å²) in [5, 5.41) is 0. The quantitative estimate of drug-likeness (QED) is 0.510. The van der Waals surface area contributed by atoms with Crippen molar-refractivity contribution in [2.24, 2.45) is 5.92 Å². The summed E-state index contributed by atoms with van der Waals surface area (Å²) in [5.41, 5.74) is 1.31. The summed E-state index contributed by atoms with van der Waals surface area (Å²) in [6, 6.07) is 0. The van der Waals surface area contributed by atoms with Crippen molar-refractivity contribution in [2.75, 3.05) is 0 Å². The lowest BCUT2D eigenvalue weighted by molar-refractivity contribution is 0.582. The van der Waals surface area contributed by atoms with Gasteiger partial charge >= 0.3 is 0 Å². The van der Waals surface area contributed by atoms with Crippen molar-refractivity contribution in [2.45, 2.75) is 33.1 Å². The van der Waals surface area contributed by atoms with Crippen LogP contribution < -0.4 is 0 Å². The van der Waals surface area contributed by atoms with Crippen molar-refractivity contribution < 1.29 is 0 Å². The number of hydrogen-bond acceptors (Lipinski definition) is 0. The van der Waals surface area contributed by atoms with Crippen LogP contribution in [0.5, 0.6) is 0 Å². The van der Waals surface area contributed by atoms with E-state index in [1.54, 1.807) is 0 Å². The molecule has 0 radical (unpaired) electrons. The Morgan fingerprint density at radius 1 is 1.50 bits per heavy atom. The predicted octanol–water partition coefficient (Wildman–Crippen LogP) is 3.55. The first-order chi connectivity index (χ1) is 4.66. The van der Waals surface area contributed by atoms with Gasteiger partial charge in [0.2, 0.25) is 0 Å². The second-order valence-corrected chi connectivity index (χ2v) is 3.18. The summed E-state index contributed by atoms with van der Waals surface area (Å²) in [6.07, 6.45) is 5.31. The maximum Gasteiger partial charge on any atom is -0.0144 e. The van der Waals surface area contributed by atoms with Crippen LogP contribution in [0.1, 0.15) is 33.1 Å². The first kappa shape index (κ1) is 9.48. The Bertz CT molecular complexity index is 109. The third-order valence-electron chi connectivity index (χ3n) is 1.51. The molecule has 0 saturated heterocycles. The zero-order valence-corrected chi connectivity index (χ0v) is 7.19. The molecule has 0 saturated carbocycles. The van der Waals surface area contributed by atoms with E-state index in [-0.39, 0.29) is 0 Å². The van der Waals surface area contributed by atoms with Crippen molar-refractivity contribution in [3.63, 3.8) is 0 Å². The Hall–Kier alpha value is -0.520. The molecular formula is C10H18. The number of hydrogen-bond donors (Lipinski definition) is 0. The van der Waals surface area contributed by atoms with Crippen molar-refractivity contribution in [1.82, 2.24) is 0 Å². The molecular weight excluding hydrogens is 120 g/mol. The van der Waals surface area contributed by atoms with Crippen LogP contribution in [0.4, 0.5) is 0 Å². The van der Waals surface area contributed by atoms with Crippen LogP contribution in [0.15, 0.2) is 24.8 Å². The monoisotopic (exact) mass is 138 g/mol. The SMILES string of the molecule is C=CCC(=C)CCC(C)C. The summed E-state index contributed by atoms with van der Waals surface area (Å²) >= 11 is 0. The van der Waals surface area contributed by atoms with E-state index in [0.717, 1.165) is 18.8 Å². The molecule has 0 N–H and O–H groups in total. The van der Waals surface area contributed by atoms with E-state index in [1.807, 2.05) is 6.08 Å². The van der Waals surface area contributed by atoms with Crippen molar-refractivity contribution in [1.29, 1.82) is 0 Å². The molecule has 0 aliphatic heterocycles. The molecule has 0 amide bonds. The lowest BCUT2D eigenvalue weighted by atomic mass is 10.0. The first-order valence-corrected chi connectivity index (χ1v) is 3.94. The molecule has 0 aromatic heterocycles. The molecule has 0 aromatic carbocycles. The van der Waals surface area contributed by atoms with E-state index in [9.17, 15) is 0 Å². The molecule has 0 heteroatoms. The lowest BCUT2D eigenvalue weighted by Gasteiger charge is -2.04. The van der Waals surface area contributed by atoms with Gasteiger partial charge in [0.05, 0.1) is 0 Å². The molecule has 0 rings (SSSR count). The average molecular weight is 138 g/mol. The molecule has 10 heavy (non-hydrogen) atoms. The van der Waals surface area contributed by atoms with E-state index in [1.165, 1.54) is 12.0 Å². The van der Waals surface area contributed by atoms with Gasteiger partial charge in [-0.15, -0.1) is 6.58 Å². The maximum atomic E-state index is 3.95. The van der Waals surface area contributed by atoms with Crippen molar-refractivity contribution in [3.8, 4) is 0 Å². The van der Waals surface area contributed by atoms with Gasteiger partial charge in [0.15, 0.2) is 0 Å². The number of rotatable bonds is 5. The maximum absolute atomic E-state index is 3.95. The minimum atomic E-state index is 0.793. The molecule has 58 valence electrons. The Morgan fingerprint density at radius 3 is 2.50 bits per heavy atom. The lowest BCUT2D eigenvalue weighted by Crippen LogP contribution is -1.88. The van der Waals surface area contributed by atoms with E-state index < -0.39 is 0 Å². The molecule has 0 aliphatic rings. The first-order valence-electron chi connectivity index (χ1n) is 3.94. The molecule has 0 atom stereocenters. The summed E-state index contributed by atoms with van der Waals surface area (Å²) in [6.45, 7) is 12.1. The largest absolute Gasteiger partial charge is 0.103 e. The van der Waals surface area contributed by atoms with Gasteiger partial charge in [-0.1, -0.05) is 32.1 Å². The Kier molecular flexibility index (Phi) is 5.00. The normalized spacial score (nSPS) is 9.90. The fourth-order valence-corrected chi connectivity index (χ4v) is 0.799. The standard InChI is InChI=1S/C10H18/c1-5-6-10(4)8-7-9(2)3/h5,9H,1,4,6-8H2,2-3H3. The van der Waals surface area contributed by atoms with Crippen LogP contribution in [0.25, 0.3) is 0 Å². The van der Waals surface area contributed by atoms with Crippen LogP contribution in [0.3, 0.4) is 0 Å². The average Bonchev–Trinajstić information content (AvgIpc) is 1.85. The Balaban J connectivity index is 3.30. The van der Waals surface area contributed by atoms with Crippen molar-refractivity contribution >= 4 is 0 Å². The minimum absolute atomic E-state index is 0.793. The highest BCUT2D eigenvalue weighted by molar-refractivity contribution is 4.99.